The Balaban J connectivity index is 1.27. The van der Waals surface area contributed by atoms with Crippen LogP contribution in [0.3, 0.4) is 0 Å². The van der Waals surface area contributed by atoms with Crippen LogP contribution >= 0.6 is 26.8 Å². The van der Waals surface area contributed by atoms with Crippen LogP contribution in [0.25, 0.3) is 11.2 Å². The van der Waals surface area contributed by atoms with Crippen LogP contribution in [0.4, 0.5) is 5.82 Å². The molecule has 0 radical (unpaired) electrons. The Morgan fingerprint density at radius 1 is 1.05 bits per heavy atom. The Labute approximate surface area is 255 Å². The molecule has 0 amide bonds. The lowest BCUT2D eigenvalue weighted by atomic mass is 9.68. The fourth-order valence-electron chi connectivity index (χ4n) is 5.52. The Hall–Kier alpha value is -3.32. The molecule has 4 heterocycles. The van der Waals surface area contributed by atoms with E-state index in [-0.39, 0.29) is 16.3 Å². The van der Waals surface area contributed by atoms with Gasteiger partial charge in [-0.15, -0.1) is 0 Å². The molecule has 0 spiro atoms. The van der Waals surface area contributed by atoms with Gasteiger partial charge in [-0.3, -0.25) is 18.2 Å². The van der Waals surface area contributed by atoms with Crippen LogP contribution < -0.4 is 4.90 Å². The number of imidazole rings is 1. The van der Waals surface area contributed by atoms with E-state index in [1.165, 1.54) is 10.9 Å². The highest BCUT2D eigenvalue weighted by Crippen LogP contribution is 2.55. The molecule has 232 valence electrons. The van der Waals surface area contributed by atoms with E-state index in [0.29, 0.717) is 24.4 Å². The Morgan fingerprint density at radius 2 is 1.70 bits per heavy atom. The number of aromatic nitrogens is 4. The lowest BCUT2D eigenvalue weighted by Gasteiger charge is -2.51. The summed E-state index contributed by atoms with van der Waals surface area (Å²) in [6.07, 6.45) is -1.64. The third-order valence-corrected chi connectivity index (χ3v) is 11.3. The van der Waals surface area contributed by atoms with Gasteiger partial charge in [0, 0.05) is 13.1 Å². The molecule has 3 atom stereocenters. The molecule has 1 saturated heterocycles. The van der Waals surface area contributed by atoms with Gasteiger partial charge >= 0.3 is 15.2 Å². The molecule has 0 bridgehead atoms. The molecule has 6 rings (SSSR count). The highest BCUT2D eigenvalue weighted by atomic mass is 35.5. The molecule has 2 aliphatic rings. The van der Waals surface area contributed by atoms with Gasteiger partial charge in [0.25, 0.3) is 0 Å². The Kier molecular flexibility index (Phi) is 7.84. The summed E-state index contributed by atoms with van der Waals surface area (Å²) in [7, 11) is -9.61. The number of benzene rings is 2. The van der Waals surface area contributed by atoms with Crippen molar-refractivity contribution >= 4 is 43.8 Å². The molecule has 0 aliphatic carbocycles. The number of anilines is 1. The molecule has 1 fully saturated rings. The maximum absolute atomic E-state index is 12.0. The van der Waals surface area contributed by atoms with Gasteiger partial charge < -0.3 is 34.5 Å². The third kappa shape index (κ3) is 5.76. The fourth-order valence-corrected chi connectivity index (χ4v) is 8.19. The highest BCUT2D eigenvalue weighted by Gasteiger charge is 2.47. The van der Waals surface area contributed by atoms with Crippen molar-refractivity contribution in [3.63, 3.8) is 0 Å². The molecule has 17 heteroatoms. The Bertz CT molecular complexity index is 1840. The minimum Gasteiger partial charge on any atom is -0.506 e. The normalized spacial score (nSPS) is 21.3. The van der Waals surface area contributed by atoms with Gasteiger partial charge in [0.1, 0.15) is 12.9 Å². The van der Waals surface area contributed by atoms with E-state index in [4.69, 9.17) is 30.6 Å². The predicted molar refractivity (Wildman–Crippen MR) is 159 cm³/mol. The first-order valence-electron chi connectivity index (χ1n) is 13.3. The quantitative estimate of drug-likeness (QED) is 0.129. The van der Waals surface area contributed by atoms with Gasteiger partial charge in [0.05, 0.1) is 5.41 Å². The maximum Gasteiger partial charge on any atom is 0.340 e. The average Bonchev–Trinajstić information content (AvgIpc) is 3.47. The number of hydrogen-bond acceptors (Lipinski definition) is 10. The van der Waals surface area contributed by atoms with Crippen LogP contribution in [0, 0.1) is 6.92 Å². The lowest BCUT2D eigenvalue weighted by molar-refractivity contribution is -0.0112. The summed E-state index contributed by atoms with van der Waals surface area (Å²) >= 11 is 6.36. The molecular formula is C27H28ClN5O9P2. The average molecular weight is 664 g/mol. The van der Waals surface area contributed by atoms with Gasteiger partial charge in [0.15, 0.2) is 40.5 Å². The van der Waals surface area contributed by atoms with Gasteiger partial charge in [-0.2, -0.15) is 9.97 Å². The molecule has 44 heavy (non-hydrogen) atoms. The summed E-state index contributed by atoms with van der Waals surface area (Å²) in [5.74, 6) is -2.06. The Morgan fingerprint density at radius 3 is 2.36 bits per heavy atom. The number of ether oxygens (including phenoxy) is 1. The number of hydrogen-bond donors (Lipinski definition) is 5. The zero-order valence-corrected chi connectivity index (χ0v) is 25.7. The van der Waals surface area contributed by atoms with Crippen LogP contribution in [0.15, 0.2) is 72.4 Å². The number of aryl methyl sites for hydroxylation is 1. The second-order valence-electron chi connectivity index (χ2n) is 10.8. The summed E-state index contributed by atoms with van der Waals surface area (Å²) in [5, 5.41) is 21.1. The van der Waals surface area contributed by atoms with Gasteiger partial charge in [0.2, 0.25) is 11.5 Å². The van der Waals surface area contributed by atoms with Crippen molar-refractivity contribution in [3.05, 3.63) is 94.4 Å². The van der Waals surface area contributed by atoms with Crippen LogP contribution in [0.2, 0.25) is 5.28 Å². The van der Waals surface area contributed by atoms with E-state index in [1.807, 2.05) is 30.0 Å². The maximum atomic E-state index is 12.0. The number of rotatable bonds is 9. The summed E-state index contributed by atoms with van der Waals surface area (Å²) < 4.78 is 34.9. The monoisotopic (exact) mass is 663 g/mol. The molecule has 2 aromatic heterocycles. The van der Waals surface area contributed by atoms with Crippen LogP contribution in [-0.2, 0) is 23.8 Å². The van der Waals surface area contributed by atoms with Crippen molar-refractivity contribution in [2.75, 3.05) is 30.5 Å². The van der Waals surface area contributed by atoms with E-state index in [0.717, 1.165) is 16.7 Å². The van der Waals surface area contributed by atoms with E-state index in [9.17, 15) is 24.2 Å². The smallest absolute Gasteiger partial charge is 0.340 e. The number of halogens is 1. The summed E-state index contributed by atoms with van der Waals surface area (Å²) in [4.78, 5) is 43.0. The van der Waals surface area contributed by atoms with Gasteiger partial charge in [-0.25, -0.2) is 4.98 Å². The van der Waals surface area contributed by atoms with Crippen LogP contribution in [-0.4, -0.2) is 76.1 Å². The number of aliphatic hydroxyl groups excluding tert-OH is 2. The zero-order valence-electron chi connectivity index (χ0n) is 23.1. The molecular weight excluding hydrogens is 636 g/mol. The van der Waals surface area contributed by atoms with Gasteiger partial charge in [-0.05, 0) is 29.7 Å². The second-order valence-corrected chi connectivity index (χ2v) is 15.1. The van der Waals surface area contributed by atoms with Crippen LogP contribution in [0.5, 0.6) is 0 Å². The topological polar surface area (TPSA) is 201 Å². The summed E-state index contributed by atoms with van der Waals surface area (Å²) in [6.45, 7) is 2.33. The van der Waals surface area contributed by atoms with Crippen molar-refractivity contribution in [1.82, 2.24) is 19.5 Å². The van der Waals surface area contributed by atoms with E-state index < -0.39 is 51.6 Å². The molecule has 0 saturated carbocycles. The molecule has 2 aliphatic heterocycles. The van der Waals surface area contributed by atoms with Crippen molar-refractivity contribution in [2.45, 2.75) is 24.7 Å². The molecule has 14 nitrogen and oxygen atoms in total. The van der Waals surface area contributed by atoms with E-state index in [1.54, 1.807) is 0 Å². The molecule has 2 unspecified atom stereocenters. The minimum absolute atomic E-state index is 0.0892. The first kappa shape index (κ1) is 30.7. The van der Waals surface area contributed by atoms with E-state index >= 15 is 0 Å². The van der Waals surface area contributed by atoms with Gasteiger partial charge in [-0.1, -0.05) is 60.2 Å². The molecule has 5 N–H and O–H groups in total. The third-order valence-electron chi connectivity index (χ3n) is 7.66. The first-order valence-corrected chi connectivity index (χ1v) is 17.3. The van der Waals surface area contributed by atoms with Crippen LogP contribution in [0.1, 0.15) is 22.9 Å². The molecule has 4 aromatic rings. The van der Waals surface area contributed by atoms with Crippen molar-refractivity contribution in [1.29, 1.82) is 0 Å². The standard InChI is InChI=1S/C27H28ClN5O9P2/c1-16-7-9-18(10-8-16)27(17-5-3-2-4-6-17)12-32(13-27)23-20-24(31-26(28)30-23)33(14-29-20)25-22(35)21(34)19(42-25)11-41-44(39,40)15-43(36,37)38/h2-10,14,22,25,34-35H,11-13,15H2,1H3,(H,39,40)(H2,36,37,38)/t22?,25-/m1/s1. The highest BCUT2D eigenvalue weighted by molar-refractivity contribution is 7.70. The first-order chi connectivity index (χ1) is 20.8. The zero-order chi connectivity index (χ0) is 31.4. The van der Waals surface area contributed by atoms with Crippen molar-refractivity contribution < 1.29 is 43.3 Å². The van der Waals surface area contributed by atoms with Crippen molar-refractivity contribution in [2.24, 2.45) is 0 Å². The van der Waals surface area contributed by atoms with E-state index in [2.05, 4.69) is 51.4 Å². The summed E-state index contributed by atoms with van der Waals surface area (Å²) in [6, 6.07) is 18.6. The largest absolute Gasteiger partial charge is 0.506 e. The SMILES string of the molecule is Cc1ccc(C2(c3ccccc3)CN(c3nc(Cl)nc4c3ncn4[C@@H]3OC(COP(=O)(O)CP(=O)(O)O)=C(O)C3O)C2)cc1. The number of aliphatic hydroxyl groups is 2. The minimum atomic E-state index is -4.87. The fraction of sp³-hybridized carbons (Fsp3) is 0.296. The van der Waals surface area contributed by atoms with Crippen molar-refractivity contribution in [3.8, 4) is 0 Å². The predicted octanol–water partition coefficient (Wildman–Crippen LogP) is 3.59. The number of fused-ring (bicyclic) bond motifs is 1. The summed E-state index contributed by atoms with van der Waals surface area (Å²) in [5.41, 5.74) is 3.69. The second kappa shape index (κ2) is 11.2. The number of nitrogens with zero attached hydrogens (tertiary/aromatic N) is 5. The lowest BCUT2D eigenvalue weighted by Crippen LogP contribution is -2.60. The molecule has 2 aromatic carbocycles.